The van der Waals surface area contributed by atoms with Crippen molar-refractivity contribution < 1.29 is 19.1 Å². The molecule has 2 bridgehead atoms. The molecule has 1 saturated heterocycles. The minimum absolute atomic E-state index is 0.0142. The molecule has 3 fully saturated rings. The largest absolute Gasteiger partial charge is 0.469 e. The second-order valence-corrected chi connectivity index (χ2v) is 7.34. The number of methoxy groups -OCH3 is 1. The van der Waals surface area contributed by atoms with Crippen LogP contribution in [-0.4, -0.2) is 29.9 Å². The summed E-state index contributed by atoms with van der Waals surface area (Å²) in [7, 11) is 1.40. The van der Waals surface area contributed by atoms with E-state index in [1.807, 2.05) is 30.3 Å². The van der Waals surface area contributed by atoms with Crippen LogP contribution in [0.4, 0.5) is 0 Å². The van der Waals surface area contributed by atoms with Crippen molar-refractivity contribution in [2.75, 3.05) is 7.11 Å². The maximum Gasteiger partial charge on any atom is 0.324 e. The van der Waals surface area contributed by atoms with Gasteiger partial charge in [-0.2, -0.15) is 0 Å². The SMILES string of the molecule is COC(=O)[C@@H]1[C@H]2C[C@H]3OC(=O)[C@@]1(Sc1ccccc1)[C@H]3C2. The molecule has 1 heterocycles. The van der Waals surface area contributed by atoms with Crippen molar-refractivity contribution in [2.24, 2.45) is 17.8 Å². The van der Waals surface area contributed by atoms with Crippen LogP contribution in [-0.2, 0) is 19.1 Å². The Morgan fingerprint density at radius 1 is 1.33 bits per heavy atom. The van der Waals surface area contributed by atoms with E-state index in [1.165, 1.54) is 18.9 Å². The van der Waals surface area contributed by atoms with Crippen molar-refractivity contribution >= 4 is 23.7 Å². The fourth-order valence-corrected chi connectivity index (χ4v) is 5.97. The van der Waals surface area contributed by atoms with E-state index in [-0.39, 0.29) is 35.8 Å². The molecule has 0 spiro atoms. The normalized spacial score (nSPS) is 39.4. The molecule has 0 N–H and O–H groups in total. The standard InChI is InChI=1S/C16H16O4S/c1-19-14(17)13-9-7-11-12(8-9)20-15(18)16(11,13)21-10-5-3-2-4-6-10/h2-6,9,11-13H,7-8H2,1H3/t9-,11+,12-,13+,16-/m1/s1. The van der Waals surface area contributed by atoms with Crippen molar-refractivity contribution in [3.05, 3.63) is 30.3 Å². The first-order chi connectivity index (χ1) is 10.2. The van der Waals surface area contributed by atoms with Gasteiger partial charge in [0.05, 0.1) is 13.0 Å². The number of rotatable bonds is 3. The molecule has 0 amide bonds. The molecule has 1 aliphatic heterocycles. The first-order valence-electron chi connectivity index (χ1n) is 7.20. The highest BCUT2D eigenvalue weighted by molar-refractivity contribution is 8.01. The summed E-state index contributed by atoms with van der Waals surface area (Å²) in [6, 6.07) is 9.77. The summed E-state index contributed by atoms with van der Waals surface area (Å²) in [5.41, 5.74) is 0. The van der Waals surface area contributed by atoms with Crippen LogP contribution in [0.3, 0.4) is 0 Å². The number of fused-ring (bicyclic) bond motifs is 1. The van der Waals surface area contributed by atoms with Crippen LogP contribution in [0.5, 0.6) is 0 Å². The molecule has 4 rings (SSSR count). The Hall–Kier alpha value is -1.49. The molecule has 4 nitrogen and oxygen atoms in total. The van der Waals surface area contributed by atoms with Gasteiger partial charge >= 0.3 is 11.9 Å². The number of ether oxygens (including phenoxy) is 2. The van der Waals surface area contributed by atoms with Crippen LogP contribution in [0.1, 0.15) is 12.8 Å². The first-order valence-corrected chi connectivity index (χ1v) is 8.01. The fourth-order valence-electron chi connectivity index (χ4n) is 4.34. The first kappa shape index (κ1) is 13.2. The van der Waals surface area contributed by atoms with E-state index in [0.717, 1.165) is 17.7 Å². The topological polar surface area (TPSA) is 52.6 Å². The molecule has 110 valence electrons. The van der Waals surface area contributed by atoms with Crippen LogP contribution >= 0.6 is 11.8 Å². The molecule has 21 heavy (non-hydrogen) atoms. The van der Waals surface area contributed by atoms with E-state index in [2.05, 4.69) is 0 Å². The Morgan fingerprint density at radius 3 is 2.81 bits per heavy atom. The molecule has 0 unspecified atom stereocenters. The minimum Gasteiger partial charge on any atom is -0.469 e. The van der Waals surface area contributed by atoms with Gasteiger partial charge in [0.1, 0.15) is 10.9 Å². The second kappa shape index (κ2) is 4.50. The molecule has 1 aromatic rings. The summed E-state index contributed by atoms with van der Waals surface area (Å²) in [6.07, 6.45) is 1.67. The predicted molar refractivity (Wildman–Crippen MR) is 76.6 cm³/mol. The number of esters is 2. The predicted octanol–water partition coefficient (Wildman–Crippen LogP) is 2.27. The maximum absolute atomic E-state index is 12.6. The average molecular weight is 304 g/mol. The van der Waals surface area contributed by atoms with E-state index in [9.17, 15) is 9.59 Å². The van der Waals surface area contributed by atoms with E-state index in [0.29, 0.717) is 0 Å². The number of carbonyl (C=O) groups excluding carboxylic acids is 2. The van der Waals surface area contributed by atoms with Gasteiger partial charge in [-0.05, 0) is 30.9 Å². The van der Waals surface area contributed by atoms with Crippen LogP contribution in [0.25, 0.3) is 0 Å². The third-order valence-electron chi connectivity index (χ3n) is 5.09. The molecule has 0 aromatic heterocycles. The van der Waals surface area contributed by atoms with Crippen molar-refractivity contribution in [3.8, 4) is 0 Å². The minimum atomic E-state index is -0.790. The van der Waals surface area contributed by atoms with E-state index in [4.69, 9.17) is 9.47 Å². The van der Waals surface area contributed by atoms with Crippen LogP contribution in [0.15, 0.2) is 35.2 Å². The summed E-state index contributed by atoms with van der Waals surface area (Å²) in [4.78, 5) is 25.9. The van der Waals surface area contributed by atoms with Crippen molar-refractivity contribution in [1.29, 1.82) is 0 Å². The van der Waals surface area contributed by atoms with Gasteiger partial charge in [-0.15, -0.1) is 11.8 Å². The van der Waals surface area contributed by atoms with Crippen molar-refractivity contribution in [1.82, 2.24) is 0 Å². The number of hydrogen-bond acceptors (Lipinski definition) is 5. The van der Waals surface area contributed by atoms with Gasteiger partial charge in [-0.3, -0.25) is 9.59 Å². The molecule has 2 aliphatic carbocycles. The van der Waals surface area contributed by atoms with E-state index in [1.54, 1.807) is 0 Å². The molecule has 5 heteroatoms. The smallest absolute Gasteiger partial charge is 0.324 e. The number of benzene rings is 1. The summed E-state index contributed by atoms with van der Waals surface area (Å²) in [5.74, 6) is -0.562. The van der Waals surface area contributed by atoms with Crippen molar-refractivity contribution in [3.63, 3.8) is 0 Å². The molecule has 5 atom stereocenters. The molecule has 2 saturated carbocycles. The zero-order valence-corrected chi connectivity index (χ0v) is 12.5. The Kier molecular flexibility index (Phi) is 2.83. The summed E-state index contributed by atoms with van der Waals surface area (Å²) >= 11 is 1.49. The number of thioether (sulfide) groups is 1. The van der Waals surface area contributed by atoms with Gasteiger partial charge in [0.15, 0.2) is 0 Å². The molecule has 1 aromatic carbocycles. The summed E-state index contributed by atoms with van der Waals surface area (Å²) in [6.45, 7) is 0. The monoisotopic (exact) mass is 304 g/mol. The highest BCUT2D eigenvalue weighted by Crippen LogP contribution is 2.66. The Balaban J connectivity index is 1.78. The lowest BCUT2D eigenvalue weighted by atomic mass is 9.79. The lowest BCUT2D eigenvalue weighted by Crippen LogP contribution is -2.47. The maximum atomic E-state index is 12.6. The van der Waals surface area contributed by atoms with Gasteiger partial charge in [-0.1, -0.05) is 18.2 Å². The number of hydrogen-bond donors (Lipinski definition) is 0. The van der Waals surface area contributed by atoms with Crippen LogP contribution < -0.4 is 0 Å². The molecular formula is C16H16O4S. The molecule has 0 radical (unpaired) electrons. The number of carbonyl (C=O) groups is 2. The molecule has 3 aliphatic rings. The second-order valence-electron chi connectivity index (χ2n) is 5.99. The van der Waals surface area contributed by atoms with Crippen molar-refractivity contribution in [2.45, 2.75) is 28.6 Å². The third-order valence-corrected chi connectivity index (χ3v) is 6.66. The Bertz CT molecular complexity index is 602. The highest BCUT2D eigenvalue weighted by Gasteiger charge is 2.74. The van der Waals surface area contributed by atoms with Crippen LogP contribution in [0.2, 0.25) is 0 Å². The van der Waals surface area contributed by atoms with Gasteiger partial charge < -0.3 is 9.47 Å². The van der Waals surface area contributed by atoms with E-state index >= 15 is 0 Å². The summed E-state index contributed by atoms with van der Waals surface area (Å²) < 4.78 is 9.77. The van der Waals surface area contributed by atoms with Gasteiger partial charge in [0.25, 0.3) is 0 Å². The fraction of sp³-hybridized carbons (Fsp3) is 0.500. The van der Waals surface area contributed by atoms with Gasteiger partial charge in [0, 0.05) is 10.8 Å². The highest BCUT2D eigenvalue weighted by atomic mass is 32.2. The average Bonchev–Trinajstić information content (AvgIpc) is 3.07. The Labute approximate surface area is 127 Å². The van der Waals surface area contributed by atoms with Gasteiger partial charge in [-0.25, -0.2) is 0 Å². The zero-order valence-electron chi connectivity index (χ0n) is 11.7. The quantitative estimate of drug-likeness (QED) is 0.802. The third kappa shape index (κ3) is 1.64. The van der Waals surface area contributed by atoms with Gasteiger partial charge in [0.2, 0.25) is 0 Å². The lowest BCUT2D eigenvalue weighted by Gasteiger charge is -2.33. The Morgan fingerprint density at radius 2 is 2.10 bits per heavy atom. The van der Waals surface area contributed by atoms with E-state index < -0.39 is 4.75 Å². The molecular weight excluding hydrogens is 288 g/mol. The zero-order chi connectivity index (χ0) is 14.6. The lowest BCUT2D eigenvalue weighted by molar-refractivity contribution is -0.152. The van der Waals surface area contributed by atoms with Crippen LogP contribution in [0, 0.1) is 17.8 Å². The summed E-state index contributed by atoms with van der Waals surface area (Å²) in [5, 5.41) is 0.